The zero-order valence-electron chi connectivity index (χ0n) is 7.86. The van der Waals surface area contributed by atoms with E-state index in [9.17, 15) is 4.79 Å². The van der Waals surface area contributed by atoms with Crippen molar-refractivity contribution in [3.8, 4) is 0 Å². The van der Waals surface area contributed by atoms with E-state index in [0.29, 0.717) is 12.2 Å². The fraction of sp³-hybridized carbons (Fsp3) is 0.900. The van der Waals surface area contributed by atoms with Gasteiger partial charge in [0, 0.05) is 17.7 Å². The highest BCUT2D eigenvalue weighted by atomic mass is 35.5. The first-order chi connectivity index (χ1) is 5.39. The number of rotatable bonds is 0. The summed E-state index contributed by atoms with van der Waals surface area (Å²) in [7, 11) is 0. The molecule has 2 aliphatic rings. The third-order valence-electron chi connectivity index (χ3n) is 4.41. The van der Waals surface area contributed by atoms with E-state index in [1.54, 1.807) is 0 Å². The van der Waals surface area contributed by atoms with Crippen molar-refractivity contribution in [1.29, 1.82) is 0 Å². The first kappa shape index (κ1) is 8.55. The Balaban J connectivity index is 2.47. The van der Waals surface area contributed by atoms with Crippen LogP contribution in [0.2, 0.25) is 0 Å². The van der Waals surface area contributed by atoms with E-state index in [1.165, 1.54) is 0 Å². The molecular weight excluding hydrogens is 172 g/mol. The highest BCUT2D eigenvalue weighted by Gasteiger charge is 2.64. The largest absolute Gasteiger partial charge is 0.299 e. The van der Waals surface area contributed by atoms with Crippen molar-refractivity contribution in [2.45, 2.75) is 39.0 Å². The van der Waals surface area contributed by atoms with Crippen molar-refractivity contribution in [1.82, 2.24) is 0 Å². The van der Waals surface area contributed by atoms with Gasteiger partial charge >= 0.3 is 0 Å². The molecule has 0 aliphatic heterocycles. The van der Waals surface area contributed by atoms with Crippen LogP contribution in [0.15, 0.2) is 0 Å². The van der Waals surface area contributed by atoms with Gasteiger partial charge in [-0.25, -0.2) is 0 Å². The van der Waals surface area contributed by atoms with Gasteiger partial charge in [-0.1, -0.05) is 20.8 Å². The van der Waals surface area contributed by atoms with Gasteiger partial charge in [0.15, 0.2) is 0 Å². The van der Waals surface area contributed by atoms with Gasteiger partial charge in [-0.3, -0.25) is 4.79 Å². The van der Waals surface area contributed by atoms with Crippen molar-refractivity contribution < 1.29 is 4.79 Å². The maximum Gasteiger partial charge on any atom is 0.137 e. The molecule has 2 heteroatoms. The Bertz CT molecular complexity index is 246. The minimum Gasteiger partial charge on any atom is -0.299 e. The standard InChI is InChI=1S/C10H15ClO/c1-9(2)6-4-8(11)10(9,3)5-7(6)12/h6,8H,4-5H2,1-3H3. The average molecular weight is 187 g/mol. The van der Waals surface area contributed by atoms with Crippen molar-refractivity contribution in [2.75, 3.05) is 0 Å². The van der Waals surface area contributed by atoms with Gasteiger partial charge in [-0.2, -0.15) is 0 Å². The van der Waals surface area contributed by atoms with Crippen LogP contribution >= 0.6 is 11.6 Å². The minimum absolute atomic E-state index is 0.0519. The van der Waals surface area contributed by atoms with Gasteiger partial charge < -0.3 is 0 Å². The zero-order valence-corrected chi connectivity index (χ0v) is 8.61. The first-order valence-electron chi connectivity index (χ1n) is 4.56. The van der Waals surface area contributed by atoms with Crippen LogP contribution in [0.25, 0.3) is 0 Å². The topological polar surface area (TPSA) is 17.1 Å². The molecule has 2 rings (SSSR count). The van der Waals surface area contributed by atoms with Crippen LogP contribution in [0.5, 0.6) is 0 Å². The second kappa shape index (κ2) is 2.06. The molecule has 2 bridgehead atoms. The lowest BCUT2D eigenvalue weighted by Crippen LogP contribution is -2.32. The Hall–Kier alpha value is -0.0400. The molecule has 3 atom stereocenters. The van der Waals surface area contributed by atoms with Crippen LogP contribution in [0.1, 0.15) is 33.6 Å². The zero-order chi connectivity index (χ0) is 9.15. The average Bonchev–Trinajstić information content (AvgIpc) is 2.18. The van der Waals surface area contributed by atoms with Crippen LogP contribution < -0.4 is 0 Å². The first-order valence-corrected chi connectivity index (χ1v) is 5.00. The lowest BCUT2D eigenvalue weighted by Gasteiger charge is -2.35. The maximum atomic E-state index is 11.5. The Morgan fingerprint density at radius 2 is 2.00 bits per heavy atom. The van der Waals surface area contributed by atoms with Crippen LogP contribution in [0.3, 0.4) is 0 Å². The second-order valence-electron chi connectivity index (χ2n) is 5.04. The van der Waals surface area contributed by atoms with E-state index >= 15 is 0 Å². The van der Waals surface area contributed by atoms with Crippen molar-refractivity contribution in [3.63, 3.8) is 0 Å². The van der Waals surface area contributed by atoms with Crippen LogP contribution in [-0.4, -0.2) is 11.2 Å². The molecule has 2 saturated carbocycles. The van der Waals surface area contributed by atoms with E-state index in [1.807, 2.05) is 0 Å². The number of halogens is 1. The number of carbonyl (C=O) groups excluding carboxylic acids is 1. The van der Waals surface area contributed by atoms with E-state index in [0.717, 1.165) is 6.42 Å². The summed E-state index contributed by atoms with van der Waals surface area (Å²) in [6.45, 7) is 6.53. The van der Waals surface area contributed by atoms with Crippen molar-refractivity contribution in [2.24, 2.45) is 16.7 Å². The highest BCUT2D eigenvalue weighted by molar-refractivity contribution is 6.22. The second-order valence-corrected chi connectivity index (χ2v) is 5.56. The maximum absolute atomic E-state index is 11.5. The number of fused-ring (bicyclic) bond motifs is 2. The molecule has 2 aliphatic carbocycles. The molecule has 0 aromatic carbocycles. The molecule has 0 spiro atoms. The van der Waals surface area contributed by atoms with Gasteiger partial charge in [0.2, 0.25) is 0 Å². The summed E-state index contributed by atoms with van der Waals surface area (Å²) in [6.07, 6.45) is 1.59. The molecule has 0 amide bonds. The summed E-state index contributed by atoms with van der Waals surface area (Å²) in [5, 5.41) is 0.204. The molecule has 0 radical (unpaired) electrons. The third-order valence-corrected chi connectivity index (χ3v) is 5.07. The SMILES string of the molecule is CC1(C)C2CC(Cl)C1(C)CC2=O. The molecule has 0 heterocycles. The van der Waals surface area contributed by atoms with E-state index in [4.69, 9.17) is 11.6 Å². The molecule has 0 N–H and O–H groups in total. The molecule has 0 aromatic heterocycles. The van der Waals surface area contributed by atoms with Gasteiger partial charge in [0.05, 0.1) is 0 Å². The van der Waals surface area contributed by atoms with E-state index < -0.39 is 0 Å². The molecule has 12 heavy (non-hydrogen) atoms. The summed E-state index contributed by atoms with van der Waals surface area (Å²) < 4.78 is 0. The Labute approximate surface area is 78.5 Å². The van der Waals surface area contributed by atoms with Gasteiger partial charge in [0.25, 0.3) is 0 Å². The van der Waals surface area contributed by atoms with Crippen LogP contribution in [0.4, 0.5) is 0 Å². The molecule has 0 saturated heterocycles. The summed E-state index contributed by atoms with van der Waals surface area (Å²) >= 11 is 6.25. The minimum atomic E-state index is 0.0519. The monoisotopic (exact) mass is 186 g/mol. The van der Waals surface area contributed by atoms with Gasteiger partial charge in [-0.05, 0) is 17.3 Å². The number of carbonyl (C=O) groups is 1. The lowest BCUT2D eigenvalue weighted by atomic mass is 9.71. The van der Waals surface area contributed by atoms with Crippen molar-refractivity contribution >= 4 is 17.4 Å². The normalized spacial score (nSPS) is 50.2. The molecule has 2 fully saturated rings. The predicted molar refractivity (Wildman–Crippen MR) is 49.3 cm³/mol. The smallest absolute Gasteiger partial charge is 0.137 e. The lowest BCUT2D eigenvalue weighted by molar-refractivity contribution is -0.122. The molecule has 0 aromatic rings. The molecule has 3 unspecified atom stereocenters. The molecule has 68 valence electrons. The van der Waals surface area contributed by atoms with Gasteiger partial charge in [-0.15, -0.1) is 11.6 Å². The van der Waals surface area contributed by atoms with Crippen LogP contribution in [-0.2, 0) is 4.79 Å². The third kappa shape index (κ3) is 0.693. The van der Waals surface area contributed by atoms with E-state index in [-0.39, 0.29) is 22.1 Å². The summed E-state index contributed by atoms with van der Waals surface area (Å²) in [5.41, 5.74) is 0.173. The Kier molecular flexibility index (Phi) is 1.47. The highest BCUT2D eigenvalue weighted by Crippen LogP contribution is 2.65. The quantitative estimate of drug-likeness (QED) is 0.532. The Morgan fingerprint density at radius 3 is 2.25 bits per heavy atom. The number of alkyl halides is 1. The number of Topliss-reactive ketones (excluding diaryl/α,β-unsaturated/α-hetero) is 1. The summed E-state index contributed by atoms with van der Waals surface area (Å²) in [6, 6.07) is 0. The fourth-order valence-electron chi connectivity index (χ4n) is 2.92. The van der Waals surface area contributed by atoms with Crippen LogP contribution in [0, 0.1) is 16.7 Å². The summed E-state index contributed by atoms with van der Waals surface area (Å²) in [4.78, 5) is 11.5. The number of hydrogen-bond acceptors (Lipinski definition) is 1. The fourth-order valence-corrected chi connectivity index (χ4v) is 3.46. The van der Waals surface area contributed by atoms with Gasteiger partial charge in [0.1, 0.15) is 5.78 Å². The Morgan fingerprint density at radius 1 is 1.42 bits per heavy atom. The van der Waals surface area contributed by atoms with E-state index in [2.05, 4.69) is 20.8 Å². The molecular formula is C10H15ClO. The number of ketones is 1. The number of hydrogen-bond donors (Lipinski definition) is 0. The predicted octanol–water partition coefficient (Wildman–Crippen LogP) is 2.62. The summed E-state index contributed by atoms with van der Waals surface area (Å²) in [5.74, 6) is 0.657. The molecule has 1 nitrogen and oxygen atoms in total. The van der Waals surface area contributed by atoms with Crippen molar-refractivity contribution in [3.05, 3.63) is 0 Å².